The first-order valence-corrected chi connectivity index (χ1v) is 5.30. The highest BCUT2D eigenvalue weighted by molar-refractivity contribution is 5.96. The van der Waals surface area contributed by atoms with Crippen molar-refractivity contribution in [3.8, 4) is 0 Å². The molecule has 0 aromatic carbocycles. The second kappa shape index (κ2) is 2.47. The summed E-state index contributed by atoms with van der Waals surface area (Å²) < 4.78 is 0. The Kier molecular flexibility index (Phi) is 1.45. The third-order valence-corrected chi connectivity index (χ3v) is 4.18. The summed E-state index contributed by atoms with van der Waals surface area (Å²) in [7, 11) is 0. The average Bonchev–Trinajstić information content (AvgIpc) is 2.79. The predicted molar refractivity (Wildman–Crippen MR) is 55.6 cm³/mol. The van der Waals surface area contributed by atoms with Crippen molar-refractivity contribution in [3.63, 3.8) is 0 Å². The smallest absolute Gasteiger partial charge is 0.159 e. The van der Waals surface area contributed by atoms with Crippen LogP contribution in [0, 0.1) is 23.2 Å². The molecule has 0 aliphatic heterocycles. The number of fused-ring (bicyclic) bond motifs is 5. The van der Waals surface area contributed by atoms with E-state index in [0.717, 1.165) is 6.42 Å². The molecule has 1 saturated carbocycles. The summed E-state index contributed by atoms with van der Waals surface area (Å²) in [5.74, 6) is 1.65. The standard InChI is InChI=1S/C13H14O/c1-2-6-13-7-5-11(14)12(13)9-3-4-10(13)8-9/h2-5,7,9-10,12H,1,6,8H2/t9-,10+,12+,13+/m1/s1. The molecule has 3 aliphatic carbocycles. The molecule has 0 saturated heterocycles. The van der Waals surface area contributed by atoms with Gasteiger partial charge in [0.05, 0.1) is 0 Å². The molecule has 72 valence electrons. The van der Waals surface area contributed by atoms with E-state index in [-0.39, 0.29) is 11.3 Å². The molecule has 3 rings (SSSR count). The van der Waals surface area contributed by atoms with Gasteiger partial charge in [-0.05, 0) is 30.8 Å². The van der Waals surface area contributed by atoms with Gasteiger partial charge in [-0.1, -0.05) is 24.3 Å². The Bertz CT molecular complexity index is 363. The Labute approximate surface area is 84.2 Å². The van der Waals surface area contributed by atoms with Crippen molar-refractivity contribution in [2.24, 2.45) is 23.2 Å². The van der Waals surface area contributed by atoms with Crippen molar-refractivity contribution < 1.29 is 4.79 Å². The van der Waals surface area contributed by atoms with Crippen molar-refractivity contribution >= 4 is 5.78 Å². The third-order valence-electron chi connectivity index (χ3n) is 4.18. The van der Waals surface area contributed by atoms with Crippen LogP contribution < -0.4 is 0 Å². The van der Waals surface area contributed by atoms with Gasteiger partial charge < -0.3 is 0 Å². The number of rotatable bonds is 2. The Morgan fingerprint density at radius 2 is 2.43 bits per heavy atom. The number of carbonyl (C=O) groups excluding carboxylic acids is 1. The number of carbonyl (C=O) groups is 1. The zero-order chi connectivity index (χ0) is 9.76. The summed E-state index contributed by atoms with van der Waals surface area (Å²) in [5, 5.41) is 0. The molecule has 2 bridgehead atoms. The van der Waals surface area contributed by atoms with Gasteiger partial charge in [-0.2, -0.15) is 0 Å². The first kappa shape index (κ1) is 8.22. The van der Waals surface area contributed by atoms with Crippen molar-refractivity contribution in [1.82, 2.24) is 0 Å². The van der Waals surface area contributed by atoms with Gasteiger partial charge >= 0.3 is 0 Å². The molecule has 0 radical (unpaired) electrons. The molecule has 0 amide bonds. The normalized spacial score (nSPS) is 47.4. The highest BCUT2D eigenvalue weighted by atomic mass is 16.1. The van der Waals surface area contributed by atoms with Crippen LogP contribution in [0.4, 0.5) is 0 Å². The van der Waals surface area contributed by atoms with Gasteiger partial charge in [0.1, 0.15) is 0 Å². The van der Waals surface area contributed by atoms with Gasteiger partial charge in [-0.25, -0.2) is 0 Å². The quantitative estimate of drug-likeness (QED) is 0.605. The van der Waals surface area contributed by atoms with Gasteiger partial charge in [-0.3, -0.25) is 4.79 Å². The molecule has 1 fully saturated rings. The van der Waals surface area contributed by atoms with Crippen LogP contribution in [-0.4, -0.2) is 5.78 Å². The molecule has 1 heteroatoms. The fourth-order valence-corrected chi connectivity index (χ4v) is 3.64. The maximum absolute atomic E-state index is 11.8. The van der Waals surface area contributed by atoms with Gasteiger partial charge in [0.25, 0.3) is 0 Å². The molecule has 0 aromatic heterocycles. The number of allylic oxidation sites excluding steroid dienone is 5. The van der Waals surface area contributed by atoms with Crippen LogP contribution >= 0.6 is 0 Å². The third kappa shape index (κ3) is 0.742. The van der Waals surface area contributed by atoms with Gasteiger partial charge in [0, 0.05) is 11.3 Å². The Balaban J connectivity index is 2.09. The molecule has 0 N–H and O–H groups in total. The molecule has 14 heavy (non-hydrogen) atoms. The lowest BCUT2D eigenvalue weighted by atomic mass is 9.68. The van der Waals surface area contributed by atoms with E-state index in [0.29, 0.717) is 17.6 Å². The molecule has 0 aromatic rings. The number of hydrogen-bond donors (Lipinski definition) is 0. The van der Waals surface area contributed by atoms with E-state index in [9.17, 15) is 4.79 Å². The van der Waals surface area contributed by atoms with Crippen LogP contribution in [0.3, 0.4) is 0 Å². The molecule has 0 spiro atoms. The monoisotopic (exact) mass is 186 g/mol. The zero-order valence-corrected chi connectivity index (χ0v) is 8.15. The molecular weight excluding hydrogens is 172 g/mol. The largest absolute Gasteiger partial charge is 0.294 e. The minimum Gasteiger partial charge on any atom is -0.294 e. The van der Waals surface area contributed by atoms with Gasteiger partial charge in [0.15, 0.2) is 5.78 Å². The van der Waals surface area contributed by atoms with E-state index in [2.05, 4.69) is 24.8 Å². The van der Waals surface area contributed by atoms with E-state index in [1.165, 1.54) is 6.42 Å². The predicted octanol–water partition coefficient (Wildman–Crippen LogP) is 2.51. The minimum atomic E-state index is 0.109. The topological polar surface area (TPSA) is 17.1 Å². The number of ketones is 1. The molecule has 0 unspecified atom stereocenters. The van der Waals surface area contributed by atoms with Crippen LogP contribution in [0.1, 0.15) is 12.8 Å². The van der Waals surface area contributed by atoms with Crippen LogP contribution in [-0.2, 0) is 4.79 Å². The lowest BCUT2D eigenvalue weighted by Crippen LogP contribution is -2.32. The van der Waals surface area contributed by atoms with Gasteiger partial charge in [-0.15, -0.1) is 6.58 Å². The van der Waals surface area contributed by atoms with Crippen LogP contribution in [0.5, 0.6) is 0 Å². The summed E-state index contributed by atoms with van der Waals surface area (Å²) >= 11 is 0. The lowest BCUT2D eigenvalue weighted by Gasteiger charge is -2.34. The van der Waals surface area contributed by atoms with E-state index in [4.69, 9.17) is 0 Å². The summed E-state index contributed by atoms with van der Waals surface area (Å²) in [6.45, 7) is 3.82. The molecule has 0 heterocycles. The van der Waals surface area contributed by atoms with E-state index < -0.39 is 0 Å². The van der Waals surface area contributed by atoms with Crippen LogP contribution in [0.15, 0.2) is 37.0 Å². The molecular formula is C13H14O. The molecule has 3 aliphatic rings. The van der Waals surface area contributed by atoms with E-state index in [1.807, 2.05) is 6.08 Å². The highest BCUT2D eigenvalue weighted by Gasteiger charge is 2.58. The van der Waals surface area contributed by atoms with Crippen LogP contribution in [0.2, 0.25) is 0 Å². The highest BCUT2D eigenvalue weighted by Crippen LogP contribution is 2.61. The minimum absolute atomic E-state index is 0.109. The Hall–Kier alpha value is -1.11. The van der Waals surface area contributed by atoms with Crippen molar-refractivity contribution in [2.75, 3.05) is 0 Å². The van der Waals surface area contributed by atoms with Crippen molar-refractivity contribution in [1.29, 1.82) is 0 Å². The van der Waals surface area contributed by atoms with Crippen molar-refractivity contribution in [3.05, 3.63) is 37.0 Å². The fourth-order valence-electron chi connectivity index (χ4n) is 3.64. The maximum Gasteiger partial charge on any atom is 0.159 e. The first-order chi connectivity index (χ1) is 6.78. The van der Waals surface area contributed by atoms with E-state index >= 15 is 0 Å². The summed E-state index contributed by atoms with van der Waals surface area (Å²) in [6, 6.07) is 0. The van der Waals surface area contributed by atoms with E-state index in [1.54, 1.807) is 6.08 Å². The molecule has 1 nitrogen and oxygen atoms in total. The first-order valence-electron chi connectivity index (χ1n) is 5.30. The molecule has 4 atom stereocenters. The summed E-state index contributed by atoms with van der Waals surface area (Å²) in [6.07, 6.45) is 12.6. The zero-order valence-electron chi connectivity index (χ0n) is 8.15. The second-order valence-electron chi connectivity index (χ2n) is 4.71. The summed E-state index contributed by atoms with van der Waals surface area (Å²) in [4.78, 5) is 11.8. The fraction of sp³-hybridized carbons (Fsp3) is 0.462. The van der Waals surface area contributed by atoms with Crippen LogP contribution in [0.25, 0.3) is 0 Å². The second-order valence-corrected chi connectivity index (χ2v) is 4.71. The maximum atomic E-state index is 11.8. The Morgan fingerprint density at radius 1 is 1.57 bits per heavy atom. The van der Waals surface area contributed by atoms with Crippen molar-refractivity contribution in [2.45, 2.75) is 12.8 Å². The average molecular weight is 186 g/mol. The van der Waals surface area contributed by atoms with Gasteiger partial charge in [0.2, 0.25) is 0 Å². The summed E-state index contributed by atoms with van der Waals surface area (Å²) in [5.41, 5.74) is 0.109. The Morgan fingerprint density at radius 3 is 3.21 bits per heavy atom. The number of hydrogen-bond acceptors (Lipinski definition) is 1. The lowest BCUT2D eigenvalue weighted by molar-refractivity contribution is -0.120. The SMILES string of the molecule is C=CC[C@@]12C=CC(=O)[C@@H]1[C@@H]1C=C[C@H]2C1.